The number of rotatable bonds is 4. The second-order valence-corrected chi connectivity index (χ2v) is 3.49. The van der Waals surface area contributed by atoms with Crippen molar-refractivity contribution in [1.29, 1.82) is 0 Å². The Bertz CT molecular complexity index is 415. The summed E-state index contributed by atoms with van der Waals surface area (Å²) in [5.41, 5.74) is 0.810. The molecule has 16 heavy (non-hydrogen) atoms. The molecule has 0 atom stereocenters. The Hall–Kier alpha value is -1.84. The predicted octanol–water partition coefficient (Wildman–Crippen LogP) is 2.14. The first-order valence-corrected chi connectivity index (χ1v) is 4.80. The first kappa shape index (κ1) is 12.2. The van der Waals surface area contributed by atoms with E-state index >= 15 is 0 Å². The Balaban J connectivity index is 2.79. The third kappa shape index (κ3) is 3.08. The predicted molar refractivity (Wildman–Crippen MR) is 60.1 cm³/mol. The molecule has 0 unspecified atom stereocenters. The summed E-state index contributed by atoms with van der Waals surface area (Å²) in [4.78, 5) is 11.5. The minimum absolute atomic E-state index is 0.00190. The SMILES string of the molecule is C=C(C)CNC(=O)c1ccc(OC)cc1F. The van der Waals surface area contributed by atoms with E-state index in [9.17, 15) is 9.18 Å². The summed E-state index contributed by atoms with van der Waals surface area (Å²) in [7, 11) is 1.44. The molecule has 0 aliphatic rings. The molecule has 0 saturated heterocycles. The maximum atomic E-state index is 13.4. The highest BCUT2D eigenvalue weighted by Crippen LogP contribution is 2.15. The van der Waals surface area contributed by atoms with Crippen molar-refractivity contribution in [1.82, 2.24) is 5.32 Å². The molecule has 0 aliphatic carbocycles. The largest absolute Gasteiger partial charge is 0.497 e. The lowest BCUT2D eigenvalue weighted by molar-refractivity contribution is 0.0953. The van der Waals surface area contributed by atoms with Crippen LogP contribution in [0, 0.1) is 5.82 Å². The summed E-state index contributed by atoms with van der Waals surface area (Å²) in [6, 6.07) is 4.11. The molecule has 3 nitrogen and oxygen atoms in total. The molecule has 1 aromatic carbocycles. The number of carbonyl (C=O) groups excluding carboxylic acids is 1. The number of carbonyl (C=O) groups is 1. The van der Waals surface area contributed by atoms with Gasteiger partial charge in [0.2, 0.25) is 0 Å². The first-order valence-electron chi connectivity index (χ1n) is 4.80. The van der Waals surface area contributed by atoms with Gasteiger partial charge in [0.05, 0.1) is 12.7 Å². The lowest BCUT2D eigenvalue weighted by atomic mass is 10.2. The Morgan fingerprint density at radius 1 is 1.56 bits per heavy atom. The van der Waals surface area contributed by atoms with E-state index in [0.29, 0.717) is 12.3 Å². The number of hydrogen-bond donors (Lipinski definition) is 1. The Morgan fingerprint density at radius 2 is 2.25 bits per heavy atom. The van der Waals surface area contributed by atoms with E-state index in [-0.39, 0.29) is 5.56 Å². The Morgan fingerprint density at radius 3 is 2.75 bits per heavy atom. The molecule has 0 radical (unpaired) electrons. The molecule has 0 fully saturated rings. The summed E-state index contributed by atoms with van der Waals surface area (Å²) in [6.07, 6.45) is 0. The van der Waals surface area contributed by atoms with Crippen molar-refractivity contribution in [2.45, 2.75) is 6.92 Å². The second kappa shape index (κ2) is 5.30. The molecule has 0 aliphatic heterocycles. The van der Waals surface area contributed by atoms with Crippen molar-refractivity contribution in [2.24, 2.45) is 0 Å². The van der Waals surface area contributed by atoms with Gasteiger partial charge in [0.15, 0.2) is 0 Å². The van der Waals surface area contributed by atoms with Gasteiger partial charge in [-0.2, -0.15) is 0 Å². The summed E-state index contributed by atoms with van der Waals surface area (Å²) in [5, 5.41) is 2.56. The van der Waals surface area contributed by atoms with Gasteiger partial charge in [-0.05, 0) is 19.1 Å². The van der Waals surface area contributed by atoms with Crippen molar-refractivity contribution in [2.75, 3.05) is 13.7 Å². The van der Waals surface area contributed by atoms with Crippen molar-refractivity contribution >= 4 is 5.91 Å². The quantitative estimate of drug-likeness (QED) is 0.794. The van der Waals surface area contributed by atoms with Gasteiger partial charge in [-0.25, -0.2) is 4.39 Å². The summed E-state index contributed by atoms with van der Waals surface area (Å²) >= 11 is 0. The first-order chi connectivity index (χ1) is 7.54. The summed E-state index contributed by atoms with van der Waals surface area (Å²) in [6.45, 7) is 5.76. The molecule has 86 valence electrons. The fraction of sp³-hybridized carbons (Fsp3) is 0.250. The monoisotopic (exact) mass is 223 g/mol. The topological polar surface area (TPSA) is 38.3 Å². The third-order valence-corrected chi connectivity index (χ3v) is 1.97. The number of nitrogens with one attached hydrogen (secondary N) is 1. The van der Waals surface area contributed by atoms with E-state index < -0.39 is 11.7 Å². The van der Waals surface area contributed by atoms with Crippen molar-refractivity contribution in [3.05, 3.63) is 41.7 Å². The number of methoxy groups -OCH3 is 1. The van der Waals surface area contributed by atoms with E-state index in [1.165, 1.54) is 19.2 Å². The molecule has 0 bridgehead atoms. The maximum Gasteiger partial charge on any atom is 0.254 e. The van der Waals surface area contributed by atoms with Crippen LogP contribution in [0.1, 0.15) is 17.3 Å². The zero-order valence-corrected chi connectivity index (χ0v) is 9.34. The minimum atomic E-state index is -0.599. The standard InChI is InChI=1S/C12H14FNO2/c1-8(2)7-14-12(15)10-5-4-9(16-3)6-11(10)13/h4-6H,1,7H2,2-3H3,(H,14,15). The zero-order valence-electron chi connectivity index (χ0n) is 9.34. The molecular formula is C12H14FNO2. The molecule has 0 saturated carbocycles. The van der Waals surface area contributed by atoms with Crippen LogP contribution in [0.5, 0.6) is 5.75 Å². The number of ether oxygens (including phenoxy) is 1. The highest BCUT2D eigenvalue weighted by molar-refractivity contribution is 5.94. The average molecular weight is 223 g/mol. The lowest BCUT2D eigenvalue weighted by Crippen LogP contribution is -2.25. The average Bonchev–Trinajstić information content (AvgIpc) is 2.25. The van der Waals surface area contributed by atoms with Gasteiger partial charge in [-0.1, -0.05) is 12.2 Å². The Labute approximate surface area is 93.9 Å². The van der Waals surface area contributed by atoms with Gasteiger partial charge in [-0.15, -0.1) is 0 Å². The van der Waals surface area contributed by atoms with E-state index in [1.807, 2.05) is 0 Å². The van der Waals surface area contributed by atoms with Crippen LogP contribution in [0.2, 0.25) is 0 Å². The second-order valence-electron chi connectivity index (χ2n) is 3.49. The zero-order chi connectivity index (χ0) is 12.1. The molecular weight excluding hydrogens is 209 g/mol. The summed E-state index contributed by atoms with van der Waals surface area (Å²) < 4.78 is 18.3. The highest BCUT2D eigenvalue weighted by atomic mass is 19.1. The van der Waals surface area contributed by atoms with Gasteiger partial charge in [0, 0.05) is 12.6 Å². The van der Waals surface area contributed by atoms with Gasteiger partial charge < -0.3 is 10.1 Å². The van der Waals surface area contributed by atoms with Gasteiger partial charge >= 0.3 is 0 Å². The smallest absolute Gasteiger partial charge is 0.254 e. The van der Waals surface area contributed by atoms with Crippen LogP contribution >= 0.6 is 0 Å². The normalized spacial score (nSPS) is 9.69. The fourth-order valence-corrected chi connectivity index (χ4v) is 1.13. The van der Waals surface area contributed by atoms with Crippen LogP contribution in [0.25, 0.3) is 0 Å². The fourth-order valence-electron chi connectivity index (χ4n) is 1.13. The van der Waals surface area contributed by atoms with E-state index in [4.69, 9.17) is 4.74 Å². The number of benzene rings is 1. The van der Waals surface area contributed by atoms with E-state index in [2.05, 4.69) is 11.9 Å². The van der Waals surface area contributed by atoms with Gasteiger partial charge in [0.25, 0.3) is 5.91 Å². The molecule has 1 aromatic rings. The molecule has 0 aromatic heterocycles. The van der Waals surface area contributed by atoms with Crippen LogP contribution in [0.3, 0.4) is 0 Å². The van der Waals surface area contributed by atoms with Crippen LogP contribution in [-0.4, -0.2) is 19.6 Å². The van der Waals surface area contributed by atoms with Crippen molar-refractivity contribution in [3.8, 4) is 5.75 Å². The van der Waals surface area contributed by atoms with E-state index in [0.717, 1.165) is 5.57 Å². The van der Waals surface area contributed by atoms with Crippen LogP contribution < -0.4 is 10.1 Å². The molecule has 1 N–H and O–H groups in total. The maximum absolute atomic E-state index is 13.4. The molecule has 4 heteroatoms. The third-order valence-electron chi connectivity index (χ3n) is 1.97. The summed E-state index contributed by atoms with van der Waals surface area (Å²) in [5.74, 6) is -0.671. The molecule has 0 heterocycles. The van der Waals surface area contributed by atoms with Crippen LogP contribution in [-0.2, 0) is 0 Å². The molecule has 0 spiro atoms. The number of amides is 1. The molecule has 1 amide bonds. The van der Waals surface area contributed by atoms with Crippen molar-refractivity contribution in [3.63, 3.8) is 0 Å². The van der Waals surface area contributed by atoms with Crippen LogP contribution in [0.4, 0.5) is 4.39 Å². The molecule has 1 rings (SSSR count). The number of halogens is 1. The van der Waals surface area contributed by atoms with Crippen LogP contribution in [0.15, 0.2) is 30.4 Å². The lowest BCUT2D eigenvalue weighted by Gasteiger charge is -2.06. The van der Waals surface area contributed by atoms with Gasteiger partial charge in [0.1, 0.15) is 11.6 Å². The Kier molecular flexibility index (Phi) is 4.05. The van der Waals surface area contributed by atoms with E-state index in [1.54, 1.807) is 13.0 Å². The van der Waals surface area contributed by atoms with Gasteiger partial charge in [-0.3, -0.25) is 4.79 Å². The number of hydrogen-bond acceptors (Lipinski definition) is 2. The minimum Gasteiger partial charge on any atom is -0.497 e. The van der Waals surface area contributed by atoms with Crippen molar-refractivity contribution < 1.29 is 13.9 Å². The highest BCUT2D eigenvalue weighted by Gasteiger charge is 2.11.